The fourth-order valence-corrected chi connectivity index (χ4v) is 2.45. The van der Waals surface area contributed by atoms with E-state index in [1.54, 1.807) is 4.90 Å². The molecule has 1 fully saturated rings. The van der Waals surface area contributed by atoms with Gasteiger partial charge in [-0.1, -0.05) is 0 Å². The van der Waals surface area contributed by atoms with Crippen LogP contribution in [0.25, 0.3) is 0 Å². The Morgan fingerprint density at radius 3 is 2.55 bits per heavy atom. The topological polar surface area (TPSA) is 44.8 Å². The van der Waals surface area contributed by atoms with Crippen molar-refractivity contribution in [3.05, 3.63) is 0 Å². The van der Waals surface area contributed by atoms with Crippen LogP contribution in [0, 0.1) is 0 Å². The maximum atomic E-state index is 12.0. The second kappa shape index (κ2) is 7.27. The molecule has 0 aromatic heterocycles. The Hall–Kier alpha value is -0.810. The Morgan fingerprint density at radius 2 is 2.10 bits per heavy atom. The summed E-state index contributed by atoms with van der Waals surface area (Å²) in [5, 5.41) is 3.53. The molecule has 118 valence electrons. The van der Waals surface area contributed by atoms with Gasteiger partial charge in [0, 0.05) is 38.3 Å². The first-order valence-electron chi connectivity index (χ1n) is 7.64. The first-order valence-corrected chi connectivity index (χ1v) is 7.64. The van der Waals surface area contributed by atoms with Gasteiger partial charge in [0.25, 0.3) is 0 Å². The summed E-state index contributed by atoms with van der Waals surface area (Å²) in [6.45, 7) is 13.2. The molecule has 20 heavy (non-hydrogen) atoms. The lowest BCUT2D eigenvalue weighted by atomic mass is 10.2. The van der Waals surface area contributed by atoms with Gasteiger partial charge in [0.05, 0.1) is 0 Å². The molecule has 0 aliphatic carbocycles. The molecular weight excluding hydrogens is 254 g/mol. The van der Waals surface area contributed by atoms with Crippen molar-refractivity contribution in [2.24, 2.45) is 0 Å². The summed E-state index contributed by atoms with van der Waals surface area (Å²) >= 11 is 0. The number of nitrogens with zero attached hydrogens (tertiary/aromatic N) is 2. The fraction of sp³-hybridized carbons (Fsp3) is 0.933. The lowest BCUT2D eigenvalue weighted by molar-refractivity contribution is 0.0261. The first kappa shape index (κ1) is 17.2. The van der Waals surface area contributed by atoms with Gasteiger partial charge in [-0.15, -0.1) is 0 Å². The van der Waals surface area contributed by atoms with Gasteiger partial charge in [0.2, 0.25) is 0 Å². The quantitative estimate of drug-likeness (QED) is 0.838. The van der Waals surface area contributed by atoms with Gasteiger partial charge in [0.15, 0.2) is 0 Å². The predicted molar refractivity (Wildman–Crippen MR) is 82.0 cm³/mol. The number of likely N-dealkylation sites (N-methyl/N-ethyl adjacent to an activating group) is 2. The Bertz CT molecular complexity index is 305. The van der Waals surface area contributed by atoms with Crippen molar-refractivity contribution >= 4 is 6.09 Å². The molecule has 1 rings (SSSR count). The lowest BCUT2D eigenvalue weighted by Gasteiger charge is -2.27. The fourth-order valence-electron chi connectivity index (χ4n) is 2.45. The van der Waals surface area contributed by atoms with Crippen molar-refractivity contribution < 1.29 is 9.53 Å². The molecule has 0 bridgehead atoms. The van der Waals surface area contributed by atoms with Crippen molar-refractivity contribution in [2.75, 3.05) is 33.2 Å². The molecule has 2 unspecified atom stereocenters. The van der Waals surface area contributed by atoms with Crippen LogP contribution in [0.3, 0.4) is 0 Å². The molecule has 0 radical (unpaired) electrons. The minimum absolute atomic E-state index is 0.223. The van der Waals surface area contributed by atoms with E-state index in [0.717, 1.165) is 13.1 Å². The van der Waals surface area contributed by atoms with E-state index in [1.807, 2.05) is 27.7 Å². The molecule has 1 saturated heterocycles. The predicted octanol–water partition coefficient (Wildman–Crippen LogP) is 1.93. The maximum Gasteiger partial charge on any atom is 0.410 e. The second-order valence-electron chi connectivity index (χ2n) is 6.74. The Labute approximate surface area is 123 Å². The van der Waals surface area contributed by atoms with E-state index < -0.39 is 5.60 Å². The van der Waals surface area contributed by atoms with Gasteiger partial charge in [-0.2, -0.15) is 0 Å². The SMILES string of the molecule is CCN(CCNC1CC(C)N(C)C1)C(=O)OC(C)(C)C. The van der Waals surface area contributed by atoms with E-state index in [1.165, 1.54) is 6.42 Å². The standard InChI is InChI=1S/C15H31N3O2/c1-7-18(14(19)20-15(3,4)5)9-8-16-13-10-12(2)17(6)11-13/h12-13,16H,7-11H2,1-6H3. The zero-order chi connectivity index (χ0) is 15.3. The summed E-state index contributed by atoms with van der Waals surface area (Å²) in [6, 6.07) is 1.17. The Morgan fingerprint density at radius 1 is 1.45 bits per heavy atom. The van der Waals surface area contributed by atoms with Crippen molar-refractivity contribution in [3.8, 4) is 0 Å². The first-order chi connectivity index (χ1) is 9.23. The number of carbonyl (C=O) groups excluding carboxylic acids is 1. The van der Waals surface area contributed by atoms with Crippen LogP contribution >= 0.6 is 0 Å². The monoisotopic (exact) mass is 285 g/mol. The number of likely N-dealkylation sites (tertiary alicyclic amines) is 1. The molecular formula is C15H31N3O2. The third-order valence-electron chi connectivity index (χ3n) is 3.73. The van der Waals surface area contributed by atoms with E-state index in [9.17, 15) is 4.79 Å². The number of nitrogens with one attached hydrogen (secondary N) is 1. The smallest absolute Gasteiger partial charge is 0.410 e. The molecule has 0 aromatic rings. The van der Waals surface area contributed by atoms with Crippen molar-refractivity contribution in [2.45, 2.75) is 58.7 Å². The number of amides is 1. The zero-order valence-electron chi connectivity index (χ0n) is 13.9. The van der Waals surface area contributed by atoms with Gasteiger partial charge in [-0.05, 0) is 48.1 Å². The Balaban J connectivity index is 2.30. The van der Waals surface area contributed by atoms with Gasteiger partial charge in [0.1, 0.15) is 5.60 Å². The highest BCUT2D eigenvalue weighted by Gasteiger charge is 2.26. The van der Waals surface area contributed by atoms with Crippen LogP contribution in [-0.2, 0) is 4.74 Å². The van der Waals surface area contributed by atoms with Crippen molar-refractivity contribution in [3.63, 3.8) is 0 Å². The summed E-state index contributed by atoms with van der Waals surface area (Å²) in [5.74, 6) is 0. The number of hydrogen-bond donors (Lipinski definition) is 1. The van der Waals surface area contributed by atoms with E-state index in [2.05, 4.69) is 24.2 Å². The average molecular weight is 285 g/mol. The van der Waals surface area contributed by atoms with Gasteiger partial charge < -0.3 is 19.9 Å². The van der Waals surface area contributed by atoms with Gasteiger partial charge in [-0.3, -0.25) is 0 Å². The molecule has 1 heterocycles. The highest BCUT2D eigenvalue weighted by Crippen LogP contribution is 2.14. The third-order valence-corrected chi connectivity index (χ3v) is 3.73. The van der Waals surface area contributed by atoms with E-state index in [4.69, 9.17) is 4.74 Å². The molecule has 0 aromatic carbocycles. The van der Waals surface area contributed by atoms with Crippen LogP contribution in [0.2, 0.25) is 0 Å². The number of rotatable bonds is 5. The summed E-state index contributed by atoms with van der Waals surface area (Å²) in [7, 11) is 2.16. The van der Waals surface area contributed by atoms with Crippen LogP contribution < -0.4 is 5.32 Å². The lowest BCUT2D eigenvalue weighted by Crippen LogP contribution is -2.42. The third kappa shape index (κ3) is 5.67. The number of hydrogen-bond acceptors (Lipinski definition) is 4. The molecule has 1 aliphatic rings. The number of carbonyl (C=O) groups is 1. The second-order valence-corrected chi connectivity index (χ2v) is 6.74. The highest BCUT2D eigenvalue weighted by molar-refractivity contribution is 5.68. The van der Waals surface area contributed by atoms with E-state index in [-0.39, 0.29) is 6.09 Å². The summed E-state index contributed by atoms with van der Waals surface area (Å²) < 4.78 is 5.40. The molecule has 1 N–H and O–H groups in total. The van der Waals surface area contributed by atoms with Crippen LogP contribution in [0.1, 0.15) is 41.0 Å². The van der Waals surface area contributed by atoms with Crippen molar-refractivity contribution in [1.29, 1.82) is 0 Å². The molecule has 0 spiro atoms. The van der Waals surface area contributed by atoms with Crippen LogP contribution in [-0.4, -0.2) is 66.8 Å². The molecule has 1 amide bonds. The molecule has 5 nitrogen and oxygen atoms in total. The van der Waals surface area contributed by atoms with Crippen LogP contribution in [0.4, 0.5) is 4.79 Å². The molecule has 2 atom stereocenters. The van der Waals surface area contributed by atoms with E-state index >= 15 is 0 Å². The van der Waals surface area contributed by atoms with Gasteiger partial charge in [-0.25, -0.2) is 4.79 Å². The average Bonchev–Trinajstić information content (AvgIpc) is 2.62. The van der Waals surface area contributed by atoms with E-state index in [0.29, 0.717) is 25.2 Å². The zero-order valence-corrected chi connectivity index (χ0v) is 13.9. The van der Waals surface area contributed by atoms with Crippen LogP contribution in [0.5, 0.6) is 0 Å². The summed E-state index contributed by atoms with van der Waals surface area (Å²) in [4.78, 5) is 16.1. The molecule has 5 heteroatoms. The maximum absolute atomic E-state index is 12.0. The minimum Gasteiger partial charge on any atom is -0.444 e. The highest BCUT2D eigenvalue weighted by atomic mass is 16.6. The molecule has 1 aliphatic heterocycles. The summed E-state index contributed by atoms with van der Waals surface area (Å²) in [6.07, 6.45) is 0.952. The number of ether oxygens (including phenoxy) is 1. The Kier molecular flexibility index (Phi) is 6.27. The van der Waals surface area contributed by atoms with Crippen molar-refractivity contribution in [1.82, 2.24) is 15.1 Å². The van der Waals surface area contributed by atoms with Gasteiger partial charge >= 0.3 is 6.09 Å². The largest absolute Gasteiger partial charge is 0.444 e. The minimum atomic E-state index is -0.429. The molecule has 0 saturated carbocycles. The summed E-state index contributed by atoms with van der Waals surface area (Å²) in [5.41, 5.74) is -0.429. The van der Waals surface area contributed by atoms with Crippen LogP contribution in [0.15, 0.2) is 0 Å². The normalized spacial score (nSPS) is 23.9.